The maximum Gasteiger partial charge on any atom is 0.336 e. The SMILES string of the molecule is O=C(Nc1ccccc1N(Cc1ccccc1)c1ccc(C(=O)O)c(C(=O)O)c1)c1cccc([N+](=O)[O-])c1. The molecule has 4 rings (SSSR count). The third-order valence-corrected chi connectivity index (χ3v) is 5.72. The van der Waals surface area contributed by atoms with Crippen molar-refractivity contribution in [2.24, 2.45) is 0 Å². The first-order chi connectivity index (χ1) is 18.2. The first kappa shape index (κ1) is 25.6. The number of non-ortho nitro benzene ring substituents is 1. The number of rotatable bonds is 9. The lowest BCUT2D eigenvalue weighted by molar-refractivity contribution is -0.384. The zero-order valence-corrected chi connectivity index (χ0v) is 19.8. The number of benzene rings is 4. The van der Waals surface area contributed by atoms with Crippen LogP contribution >= 0.6 is 0 Å². The number of anilines is 3. The molecule has 0 spiro atoms. The highest BCUT2D eigenvalue weighted by molar-refractivity contribution is 6.07. The zero-order chi connectivity index (χ0) is 27.2. The van der Waals surface area contributed by atoms with E-state index in [0.29, 0.717) is 17.1 Å². The van der Waals surface area contributed by atoms with Gasteiger partial charge in [-0.1, -0.05) is 48.5 Å². The summed E-state index contributed by atoms with van der Waals surface area (Å²) < 4.78 is 0. The van der Waals surface area contributed by atoms with Gasteiger partial charge in [0, 0.05) is 29.9 Å². The molecular formula is C28H21N3O7. The van der Waals surface area contributed by atoms with Crippen molar-refractivity contribution in [2.45, 2.75) is 6.54 Å². The Labute approximate surface area is 216 Å². The topological polar surface area (TPSA) is 150 Å². The van der Waals surface area contributed by atoms with E-state index < -0.39 is 22.8 Å². The predicted octanol–water partition coefficient (Wildman–Crippen LogP) is 5.58. The second-order valence-electron chi connectivity index (χ2n) is 8.19. The standard InChI is InChI=1S/C28H21N3O7/c32-26(19-9-6-10-21(15-19)31(37)38)29-24-11-4-5-12-25(24)30(17-18-7-2-1-3-8-18)20-13-14-22(27(33)34)23(16-20)28(35)36/h1-16H,17H2,(H,29,32)(H,33,34)(H,35,36). The van der Waals surface area contributed by atoms with Gasteiger partial charge in [-0.3, -0.25) is 14.9 Å². The van der Waals surface area contributed by atoms with Crippen molar-refractivity contribution < 1.29 is 29.5 Å². The molecule has 0 aliphatic carbocycles. The molecule has 0 bridgehead atoms. The van der Waals surface area contributed by atoms with Gasteiger partial charge in [0.05, 0.1) is 27.4 Å². The van der Waals surface area contributed by atoms with Gasteiger partial charge in [-0.2, -0.15) is 0 Å². The number of aromatic carboxylic acids is 2. The van der Waals surface area contributed by atoms with Crippen LogP contribution < -0.4 is 10.2 Å². The van der Waals surface area contributed by atoms with E-state index in [1.807, 2.05) is 30.3 Å². The fourth-order valence-corrected chi connectivity index (χ4v) is 3.92. The minimum atomic E-state index is -1.39. The number of carboxylic acids is 2. The third-order valence-electron chi connectivity index (χ3n) is 5.72. The first-order valence-corrected chi connectivity index (χ1v) is 11.3. The Kier molecular flexibility index (Phi) is 7.43. The Balaban J connectivity index is 1.79. The van der Waals surface area contributed by atoms with Gasteiger partial charge in [-0.05, 0) is 42.0 Å². The molecule has 0 aliphatic heterocycles. The molecule has 4 aromatic carbocycles. The van der Waals surface area contributed by atoms with Crippen LogP contribution in [0.15, 0.2) is 97.1 Å². The maximum atomic E-state index is 13.0. The van der Waals surface area contributed by atoms with E-state index in [-0.39, 0.29) is 28.9 Å². The van der Waals surface area contributed by atoms with Gasteiger partial charge >= 0.3 is 11.9 Å². The number of para-hydroxylation sites is 2. The van der Waals surface area contributed by atoms with Crippen LogP contribution in [0.1, 0.15) is 36.6 Å². The number of amides is 1. The van der Waals surface area contributed by atoms with E-state index in [0.717, 1.165) is 5.56 Å². The first-order valence-electron chi connectivity index (χ1n) is 11.3. The molecule has 0 aromatic heterocycles. The predicted molar refractivity (Wildman–Crippen MR) is 140 cm³/mol. The Bertz CT molecular complexity index is 1540. The summed E-state index contributed by atoms with van der Waals surface area (Å²) in [6.45, 7) is 0.260. The highest BCUT2D eigenvalue weighted by atomic mass is 16.6. The number of nitrogens with zero attached hydrogens (tertiary/aromatic N) is 2. The van der Waals surface area contributed by atoms with Crippen molar-refractivity contribution in [1.29, 1.82) is 0 Å². The van der Waals surface area contributed by atoms with Crippen LogP contribution in [0.5, 0.6) is 0 Å². The summed E-state index contributed by atoms with van der Waals surface area (Å²) in [5, 5.41) is 33.0. The van der Waals surface area contributed by atoms with Crippen LogP contribution in [-0.4, -0.2) is 33.0 Å². The lowest BCUT2D eigenvalue weighted by Gasteiger charge is -2.28. The average Bonchev–Trinajstić information content (AvgIpc) is 2.92. The number of hydrogen-bond donors (Lipinski definition) is 3. The summed E-state index contributed by atoms with van der Waals surface area (Å²) in [5.41, 5.74) is 1.23. The summed E-state index contributed by atoms with van der Waals surface area (Å²) in [6.07, 6.45) is 0. The Hall–Kier alpha value is -5.51. The van der Waals surface area contributed by atoms with Gasteiger partial charge < -0.3 is 20.4 Å². The summed E-state index contributed by atoms with van der Waals surface area (Å²) in [6, 6.07) is 25.4. The molecule has 0 aliphatic rings. The summed E-state index contributed by atoms with van der Waals surface area (Å²) in [5.74, 6) is -3.34. The van der Waals surface area contributed by atoms with Crippen molar-refractivity contribution in [1.82, 2.24) is 0 Å². The lowest BCUT2D eigenvalue weighted by atomic mass is 10.0. The maximum absolute atomic E-state index is 13.0. The minimum Gasteiger partial charge on any atom is -0.478 e. The fourth-order valence-electron chi connectivity index (χ4n) is 3.92. The van der Waals surface area contributed by atoms with E-state index in [1.165, 1.54) is 42.5 Å². The highest BCUT2D eigenvalue weighted by Crippen LogP contribution is 2.35. The van der Waals surface area contributed by atoms with E-state index in [1.54, 1.807) is 29.2 Å². The second-order valence-corrected chi connectivity index (χ2v) is 8.19. The van der Waals surface area contributed by atoms with Crippen LogP contribution in [0, 0.1) is 10.1 Å². The quantitative estimate of drug-likeness (QED) is 0.195. The molecule has 10 nitrogen and oxygen atoms in total. The summed E-state index contributed by atoms with van der Waals surface area (Å²) in [4.78, 5) is 48.8. The molecule has 190 valence electrons. The molecule has 0 atom stereocenters. The molecule has 0 fully saturated rings. The number of nitro groups is 1. The monoisotopic (exact) mass is 511 g/mol. The normalized spacial score (nSPS) is 10.4. The van der Waals surface area contributed by atoms with Gasteiger partial charge in [-0.25, -0.2) is 9.59 Å². The van der Waals surface area contributed by atoms with E-state index in [9.17, 15) is 34.7 Å². The van der Waals surface area contributed by atoms with E-state index in [4.69, 9.17) is 0 Å². The molecule has 4 aromatic rings. The summed E-state index contributed by atoms with van der Waals surface area (Å²) >= 11 is 0. The molecule has 0 unspecified atom stereocenters. The van der Waals surface area contributed by atoms with Gasteiger partial charge in [0.1, 0.15) is 0 Å². The molecule has 0 saturated carbocycles. The molecule has 1 amide bonds. The number of carboxylic acid groups (broad SMARTS) is 2. The van der Waals surface area contributed by atoms with E-state index >= 15 is 0 Å². The van der Waals surface area contributed by atoms with Crippen molar-refractivity contribution in [2.75, 3.05) is 10.2 Å². The smallest absolute Gasteiger partial charge is 0.336 e. The summed E-state index contributed by atoms with van der Waals surface area (Å²) in [7, 11) is 0. The Morgan fingerprint density at radius 2 is 1.47 bits per heavy atom. The van der Waals surface area contributed by atoms with Crippen molar-refractivity contribution in [3.63, 3.8) is 0 Å². The Morgan fingerprint density at radius 3 is 2.16 bits per heavy atom. The second kappa shape index (κ2) is 11.0. The zero-order valence-electron chi connectivity index (χ0n) is 19.8. The number of carbonyl (C=O) groups excluding carboxylic acids is 1. The number of hydrogen-bond acceptors (Lipinski definition) is 6. The van der Waals surface area contributed by atoms with Crippen molar-refractivity contribution in [3.8, 4) is 0 Å². The van der Waals surface area contributed by atoms with Gasteiger partial charge in [-0.15, -0.1) is 0 Å². The van der Waals surface area contributed by atoms with Crippen LogP contribution in [0.25, 0.3) is 0 Å². The molecule has 10 heteroatoms. The third kappa shape index (κ3) is 5.65. The van der Waals surface area contributed by atoms with Crippen LogP contribution in [0.4, 0.5) is 22.7 Å². The van der Waals surface area contributed by atoms with Crippen molar-refractivity contribution in [3.05, 3.63) is 129 Å². The van der Waals surface area contributed by atoms with Gasteiger partial charge in [0.25, 0.3) is 11.6 Å². The average molecular weight is 511 g/mol. The molecule has 3 N–H and O–H groups in total. The largest absolute Gasteiger partial charge is 0.478 e. The van der Waals surface area contributed by atoms with Crippen molar-refractivity contribution >= 4 is 40.6 Å². The van der Waals surface area contributed by atoms with Crippen LogP contribution in [0.3, 0.4) is 0 Å². The van der Waals surface area contributed by atoms with Gasteiger partial charge in [0.15, 0.2) is 0 Å². The van der Waals surface area contributed by atoms with Gasteiger partial charge in [0.2, 0.25) is 0 Å². The molecule has 38 heavy (non-hydrogen) atoms. The molecule has 0 heterocycles. The highest BCUT2D eigenvalue weighted by Gasteiger charge is 2.22. The molecule has 0 radical (unpaired) electrons. The molecular weight excluding hydrogens is 490 g/mol. The van der Waals surface area contributed by atoms with Crippen LogP contribution in [0.2, 0.25) is 0 Å². The minimum absolute atomic E-state index is 0.0857. The molecule has 0 saturated heterocycles. The fraction of sp³-hybridized carbons (Fsp3) is 0.0357. The lowest BCUT2D eigenvalue weighted by Crippen LogP contribution is -2.21. The number of nitro benzene ring substituents is 1. The van der Waals surface area contributed by atoms with Crippen LogP contribution in [-0.2, 0) is 6.54 Å². The number of nitrogens with one attached hydrogen (secondary N) is 1. The Morgan fingerprint density at radius 1 is 0.789 bits per heavy atom. The van der Waals surface area contributed by atoms with E-state index in [2.05, 4.69) is 5.32 Å². The number of carbonyl (C=O) groups is 3.